The molecule has 21 heavy (non-hydrogen) atoms. The molecule has 2 aromatic rings. The summed E-state index contributed by atoms with van der Waals surface area (Å²) in [5.74, 6) is 0. The van der Waals surface area contributed by atoms with Crippen molar-refractivity contribution >= 4 is 21.2 Å². The van der Waals surface area contributed by atoms with E-state index in [-0.39, 0.29) is 4.90 Å². The maximum Gasteiger partial charge on any atom is 0.240 e. The first-order valence-corrected chi connectivity index (χ1v) is 8.06. The van der Waals surface area contributed by atoms with Crippen LogP contribution in [0.4, 0.5) is 0 Å². The fraction of sp³-hybridized carbons (Fsp3) is 0.0625. The lowest BCUT2D eigenvalue weighted by Crippen LogP contribution is -2.15. The maximum absolute atomic E-state index is 11.7. The highest BCUT2D eigenvalue weighted by Crippen LogP contribution is 2.37. The zero-order chi connectivity index (χ0) is 14.9. The van der Waals surface area contributed by atoms with Crippen LogP contribution in [0.25, 0.3) is 11.1 Å². The Balaban J connectivity index is 2.13. The molecule has 1 heterocycles. The molecule has 0 unspecified atom stereocenters. The standard InChI is InChI=1S/C16H14N2O2S/c17-21(19,20)15-10-5-11-18-16(15)14-9-4-8-13(14)12-6-2-1-3-7-12/h1-3,5-11H,4H2,(H2,17,19,20). The van der Waals surface area contributed by atoms with Gasteiger partial charge in [-0.15, -0.1) is 0 Å². The Labute approximate surface area is 123 Å². The minimum atomic E-state index is -3.81. The van der Waals surface area contributed by atoms with Crippen LogP contribution in [0.3, 0.4) is 0 Å². The van der Waals surface area contributed by atoms with E-state index in [9.17, 15) is 8.42 Å². The molecule has 0 bridgehead atoms. The third-order valence-electron chi connectivity index (χ3n) is 3.35. The number of aromatic nitrogens is 1. The molecule has 0 atom stereocenters. The average molecular weight is 298 g/mol. The molecule has 0 radical (unpaired) electrons. The predicted octanol–water partition coefficient (Wildman–Crippen LogP) is 2.60. The van der Waals surface area contributed by atoms with E-state index in [2.05, 4.69) is 11.1 Å². The van der Waals surface area contributed by atoms with E-state index in [0.29, 0.717) is 5.69 Å². The second kappa shape index (κ2) is 5.27. The van der Waals surface area contributed by atoms with Crippen molar-refractivity contribution in [1.82, 2.24) is 4.98 Å². The third-order valence-corrected chi connectivity index (χ3v) is 4.29. The Morgan fingerprint density at radius 2 is 1.67 bits per heavy atom. The topological polar surface area (TPSA) is 73.1 Å². The summed E-state index contributed by atoms with van der Waals surface area (Å²) in [7, 11) is -3.81. The summed E-state index contributed by atoms with van der Waals surface area (Å²) in [4.78, 5) is 4.29. The van der Waals surface area contributed by atoms with Crippen LogP contribution in [0, 0.1) is 0 Å². The van der Waals surface area contributed by atoms with E-state index in [4.69, 9.17) is 5.14 Å². The lowest BCUT2D eigenvalue weighted by molar-refractivity contribution is 0.597. The lowest BCUT2D eigenvalue weighted by Gasteiger charge is -2.11. The van der Waals surface area contributed by atoms with Gasteiger partial charge in [-0.1, -0.05) is 42.5 Å². The van der Waals surface area contributed by atoms with Crippen molar-refractivity contribution in [3.8, 4) is 0 Å². The number of benzene rings is 1. The van der Waals surface area contributed by atoms with Crippen molar-refractivity contribution in [2.75, 3.05) is 0 Å². The third kappa shape index (κ3) is 2.66. The van der Waals surface area contributed by atoms with Gasteiger partial charge in [-0.25, -0.2) is 13.6 Å². The highest BCUT2D eigenvalue weighted by Gasteiger charge is 2.22. The highest BCUT2D eigenvalue weighted by molar-refractivity contribution is 7.89. The molecule has 1 aliphatic carbocycles. The largest absolute Gasteiger partial charge is 0.255 e. The zero-order valence-electron chi connectivity index (χ0n) is 11.2. The number of allylic oxidation sites excluding steroid dienone is 4. The SMILES string of the molecule is NS(=O)(=O)c1cccnc1C1=CCC=C1c1ccccc1. The second-order valence-electron chi connectivity index (χ2n) is 4.73. The van der Waals surface area contributed by atoms with Gasteiger partial charge in [0.25, 0.3) is 0 Å². The van der Waals surface area contributed by atoms with Gasteiger partial charge < -0.3 is 0 Å². The minimum Gasteiger partial charge on any atom is -0.255 e. The Kier molecular flexibility index (Phi) is 3.45. The van der Waals surface area contributed by atoms with Crippen molar-refractivity contribution in [2.45, 2.75) is 11.3 Å². The first-order chi connectivity index (χ1) is 10.1. The number of nitrogens with zero attached hydrogens (tertiary/aromatic N) is 1. The Morgan fingerprint density at radius 3 is 2.38 bits per heavy atom. The van der Waals surface area contributed by atoms with Gasteiger partial charge in [0.2, 0.25) is 10.0 Å². The van der Waals surface area contributed by atoms with E-state index in [0.717, 1.165) is 23.1 Å². The molecule has 0 fully saturated rings. The highest BCUT2D eigenvalue weighted by atomic mass is 32.2. The molecule has 2 N–H and O–H groups in total. The molecule has 1 aliphatic rings. The van der Waals surface area contributed by atoms with Gasteiger partial charge in [0, 0.05) is 11.8 Å². The Morgan fingerprint density at radius 1 is 0.952 bits per heavy atom. The second-order valence-corrected chi connectivity index (χ2v) is 6.26. The molecule has 0 saturated carbocycles. The van der Waals surface area contributed by atoms with Gasteiger partial charge in [-0.05, 0) is 29.7 Å². The van der Waals surface area contributed by atoms with Crippen LogP contribution in [0.1, 0.15) is 17.7 Å². The summed E-state index contributed by atoms with van der Waals surface area (Å²) in [5, 5.41) is 5.29. The molecule has 106 valence electrons. The number of nitrogens with two attached hydrogens (primary N) is 1. The predicted molar refractivity (Wildman–Crippen MR) is 82.6 cm³/mol. The van der Waals surface area contributed by atoms with Crippen LogP contribution in [0.15, 0.2) is 65.7 Å². The number of hydrogen-bond acceptors (Lipinski definition) is 3. The van der Waals surface area contributed by atoms with E-state index in [1.54, 1.807) is 12.3 Å². The Hall–Kier alpha value is -2.24. The summed E-state index contributed by atoms with van der Waals surface area (Å²) in [6.45, 7) is 0. The van der Waals surface area contributed by atoms with Crippen LogP contribution in [0.2, 0.25) is 0 Å². The van der Waals surface area contributed by atoms with Crippen LogP contribution in [0.5, 0.6) is 0 Å². The fourth-order valence-corrected chi connectivity index (χ4v) is 3.15. The van der Waals surface area contributed by atoms with Gasteiger partial charge in [-0.2, -0.15) is 0 Å². The molecular weight excluding hydrogens is 284 g/mol. The van der Waals surface area contributed by atoms with Crippen molar-refractivity contribution in [3.63, 3.8) is 0 Å². The molecule has 5 heteroatoms. The van der Waals surface area contributed by atoms with E-state index < -0.39 is 10.0 Å². The normalized spacial score (nSPS) is 14.7. The maximum atomic E-state index is 11.7. The molecule has 1 aromatic heterocycles. The van der Waals surface area contributed by atoms with Crippen LogP contribution < -0.4 is 5.14 Å². The number of hydrogen-bond donors (Lipinski definition) is 1. The smallest absolute Gasteiger partial charge is 0.240 e. The van der Waals surface area contributed by atoms with Gasteiger partial charge >= 0.3 is 0 Å². The van der Waals surface area contributed by atoms with Crippen molar-refractivity contribution in [3.05, 3.63) is 72.1 Å². The zero-order valence-corrected chi connectivity index (χ0v) is 12.0. The van der Waals surface area contributed by atoms with Crippen LogP contribution in [-0.2, 0) is 10.0 Å². The van der Waals surface area contributed by atoms with Gasteiger partial charge in [0.05, 0.1) is 5.69 Å². The first-order valence-electron chi connectivity index (χ1n) is 6.51. The van der Waals surface area contributed by atoms with Crippen molar-refractivity contribution in [2.24, 2.45) is 5.14 Å². The van der Waals surface area contributed by atoms with Crippen molar-refractivity contribution in [1.29, 1.82) is 0 Å². The average Bonchev–Trinajstić information content (AvgIpc) is 2.96. The lowest BCUT2D eigenvalue weighted by atomic mass is 9.98. The van der Waals surface area contributed by atoms with Gasteiger partial charge in [0.1, 0.15) is 4.90 Å². The summed E-state index contributed by atoms with van der Waals surface area (Å²) in [5.41, 5.74) is 3.24. The van der Waals surface area contributed by atoms with Crippen LogP contribution in [-0.4, -0.2) is 13.4 Å². The fourth-order valence-electron chi connectivity index (χ4n) is 2.45. The Bertz CT molecular complexity index is 838. The molecule has 0 saturated heterocycles. The first kappa shape index (κ1) is 13.7. The monoisotopic (exact) mass is 298 g/mol. The summed E-state index contributed by atoms with van der Waals surface area (Å²) < 4.78 is 23.5. The molecule has 0 amide bonds. The number of primary sulfonamides is 1. The number of rotatable bonds is 3. The minimum absolute atomic E-state index is 0.0555. The summed E-state index contributed by atoms with van der Waals surface area (Å²) in [6, 6.07) is 12.9. The summed E-state index contributed by atoms with van der Waals surface area (Å²) >= 11 is 0. The molecule has 0 aliphatic heterocycles. The van der Waals surface area contributed by atoms with E-state index in [1.165, 1.54) is 6.07 Å². The summed E-state index contributed by atoms with van der Waals surface area (Å²) in [6.07, 6.45) is 6.36. The molecule has 4 nitrogen and oxygen atoms in total. The van der Waals surface area contributed by atoms with Crippen LogP contribution >= 0.6 is 0 Å². The number of pyridine rings is 1. The molecule has 3 rings (SSSR count). The van der Waals surface area contributed by atoms with E-state index in [1.807, 2.05) is 36.4 Å². The van der Waals surface area contributed by atoms with Gasteiger partial charge in [0.15, 0.2) is 0 Å². The van der Waals surface area contributed by atoms with E-state index >= 15 is 0 Å². The number of sulfonamides is 1. The molecule has 1 aromatic carbocycles. The molecular formula is C16H14N2O2S. The molecule has 0 spiro atoms. The quantitative estimate of drug-likeness (QED) is 0.946. The van der Waals surface area contributed by atoms with Gasteiger partial charge in [-0.3, -0.25) is 4.98 Å². The van der Waals surface area contributed by atoms with Crippen molar-refractivity contribution < 1.29 is 8.42 Å².